The Morgan fingerprint density at radius 1 is 1.07 bits per heavy atom. The maximum absolute atomic E-state index is 14.7. The van der Waals surface area contributed by atoms with Crippen LogP contribution in [0.4, 0.5) is 16.0 Å². The summed E-state index contributed by atoms with van der Waals surface area (Å²) in [5.74, 6) is 0.350. The van der Waals surface area contributed by atoms with Gasteiger partial charge in [-0.1, -0.05) is 42.5 Å². The van der Waals surface area contributed by atoms with Crippen molar-refractivity contribution in [3.05, 3.63) is 99.9 Å². The van der Waals surface area contributed by atoms with Gasteiger partial charge < -0.3 is 9.88 Å². The number of halogens is 1. The zero-order valence-electron chi connectivity index (χ0n) is 15.3. The third-order valence-electron chi connectivity index (χ3n) is 5.42. The Morgan fingerprint density at radius 2 is 1.86 bits per heavy atom. The summed E-state index contributed by atoms with van der Waals surface area (Å²) in [7, 11) is 0. The maximum Gasteiger partial charge on any atom is 0.269 e. The molecule has 29 heavy (non-hydrogen) atoms. The highest BCUT2D eigenvalue weighted by atomic mass is 19.1. The first kappa shape index (κ1) is 17.4. The number of hydrogen-bond donors (Lipinski definition) is 1. The standard InChI is InChI=1S/C22H17FN4O2/c23-17-9-2-1-8-16(17)21-13-19(14-6-5-7-15(12-14)27(28)29)25-22-24-18-10-3-4-11-20(18)26(21)22/h1-12,19,21H,13H2,(H,24,25)/t19-,21+/m1/s1. The zero-order valence-corrected chi connectivity index (χ0v) is 15.3. The molecule has 6 nitrogen and oxygen atoms in total. The van der Waals surface area contributed by atoms with Gasteiger partial charge >= 0.3 is 0 Å². The predicted octanol–water partition coefficient (Wildman–Crippen LogP) is 5.23. The number of nitro groups is 1. The van der Waals surface area contributed by atoms with Gasteiger partial charge in [-0.2, -0.15) is 0 Å². The second-order valence-electron chi connectivity index (χ2n) is 7.12. The minimum Gasteiger partial charge on any atom is -0.349 e. The molecule has 5 rings (SSSR count). The van der Waals surface area contributed by atoms with E-state index >= 15 is 0 Å². The molecule has 0 radical (unpaired) electrons. The fourth-order valence-corrected chi connectivity index (χ4v) is 4.09. The summed E-state index contributed by atoms with van der Waals surface area (Å²) in [6.07, 6.45) is 0.537. The first-order valence-corrected chi connectivity index (χ1v) is 9.34. The van der Waals surface area contributed by atoms with Gasteiger partial charge in [0, 0.05) is 17.7 Å². The van der Waals surface area contributed by atoms with Crippen LogP contribution in [0.1, 0.15) is 29.6 Å². The third-order valence-corrected chi connectivity index (χ3v) is 5.42. The number of nitro benzene ring substituents is 1. The molecule has 4 aromatic rings. The Hall–Kier alpha value is -3.74. The summed E-state index contributed by atoms with van der Waals surface area (Å²) in [6, 6.07) is 20.5. The van der Waals surface area contributed by atoms with E-state index in [4.69, 9.17) is 0 Å². The lowest BCUT2D eigenvalue weighted by atomic mass is 9.92. The molecule has 1 aliphatic heterocycles. The molecule has 2 heterocycles. The molecule has 0 saturated heterocycles. The van der Waals surface area contributed by atoms with Crippen molar-refractivity contribution in [2.45, 2.75) is 18.5 Å². The summed E-state index contributed by atoms with van der Waals surface area (Å²) >= 11 is 0. The van der Waals surface area contributed by atoms with Gasteiger partial charge in [-0.15, -0.1) is 0 Å². The molecular formula is C22H17FN4O2. The number of imidazole rings is 1. The van der Waals surface area contributed by atoms with Crippen LogP contribution in [0.5, 0.6) is 0 Å². The molecule has 2 atom stereocenters. The molecule has 1 aromatic heterocycles. The van der Waals surface area contributed by atoms with Crippen molar-refractivity contribution < 1.29 is 9.31 Å². The highest BCUT2D eigenvalue weighted by Gasteiger charge is 2.32. The monoisotopic (exact) mass is 388 g/mol. The average Bonchev–Trinajstić information content (AvgIpc) is 3.12. The van der Waals surface area contributed by atoms with Gasteiger partial charge in [0.05, 0.1) is 28.0 Å². The number of nitrogens with zero attached hydrogens (tertiary/aromatic N) is 3. The van der Waals surface area contributed by atoms with Crippen LogP contribution in [0, 0.1) is 15.9 Å². The normalized spacial score (nSPS) is 18.2. The molecule has 1 aliphatic rings. The summed E-state index contributed by atoms with van der Waals surface area (Å²) in [4.78, 5) is 15.5. The highest BCUT2D eigenvalue weighted by molar-refractivity contribution is 5.79. The molecule has 144 valence electrons. The second-order valence-corrected chi connectivity index (χ2v) is 7.12. The van der Waals surface area contributed by atoms with Gasteiger partial charge in [0.25, 0.3) is 5.69 Å². The Kier molecular flexibility index (Phi) is 4.01. The smallest absolute Gasteiger partial charge is 0.269 e. The van der Waals surface area contributed by atoms with E-state index in [-0.39, 0.29) is 23.6 Å². The van der Waals surface area contributed by atoms with Gasteiger partial charge in [-0.25, -0.2) is 9.37 Å². The zero-order chi connectivity index (χ0) is 20.0. The van der Waals surface area contributed by atoms with Crippen LogP contribution >= 0.6 is 0 Å². The van der Waals surface area contributed by atoms with Crippen LogP contribution in [0.2, 0.25) is 0 Å². The van der Waals surface area contributed by atoms with Gasteiger partial charge in [0.1, 0.15) is 5.82 Å². The molecule has 0 aliphatic carbocycles. The molecule has 0 amide bonds. The summed E-state index contributed by atoms with van der Waals surface area (Å²) < 4.78 is 16.7. The van der Waals surface area contributed by atoms with Crippen LogP contribution in [-0.2, 0) is 0 Å². The largest absolute Gasteiger partial charge is 0.349 e. The van der Waals surface area contributed by atoms with Crippen molar-refractivity contribution in [2.24, 2.45) is 0 Å². The Labute approximate surface area is 165 Å². The van der Waals surface area contributed by atoms with Gasteiger partial charge in [0.2, 0.25) is 5.95 Å². The lowest BCUT2D eigenvalue weighted by Crippen LogP contribution is -2.27. The molecule has 0 saturated carbocycles. The first-order valence-electron chi connectivity index (χ1n) is 9.34. The summed E-state index contributed by atoms with van der Waals surface area (Å²) in [5.41, 5.74) is 3.12. The Balaban J connectivity index is 1.67. The molecule has 1 N–H and O–H groups in total. The third kappa shape index (κ3) is 2.91. The van der Waals surface area contributed by atoms with Crippen LogP contribution in [0.25, 0.3) is 11.0 Å². The van der Waals surface area contributed by atoms with Crippen molar-refractivity contribution in [1.29, 1.82) is 0 Å². The van der Waals surface area contributed by atoms with Crippen LogP contribution in [0.3, 0.4) is 0 Å². The Bertz CT molecular complexity index is 1240. The number of anilines is 1. The topological polar surface area (TPSA) is 73.0 Å². The van der Waals surface area contributed by atoms with E-state index in [1.54, 1.807) is 24.3 Å². The van der Waals surface area contributed by atoms with E-state index in [1.807, 2.05) is 41.0 Å². The van der Waals surface area contributed by atoms with E-state index in [2.05, 4.69) is 10.3 Å². The SMILES string of the molecule is O=[N+]([O-])c1cccc([C@H]2C[C@@H](c3ccccc3F)n3c(nc4ccccc43)N2)c1. The minimum absolute atomic E-state index is 0.0332. The molecule has 0 spiro atoms. The second kappa shape index (κ2) is 6.70. The summed E-state index contributed by atoms with van der Waals surface area (Å²) in [5, 5.41) is 14.6. The van der Waals surface area contributed by atoms with E-state index < -0.39 is 4.92 Å². The van der Waals surface area contributed by atoms with Crippen LogP contribution in [-0.4, -0.2) is 14.5 Å². The van der Waals surface area contributed by atoms with Gasteiger partial charge in [-0.05, 0) is 30.2 Å². The number of benzene rings is 3. The van der Waals surface area contributed by atoms with E-state index in [0.717, 1.165) is 16.6 Å². The number of hydrogen-bond acceptors (Lipinski definition) is 4. The number of rotatable bonds is 3. The number of fused-ring (bicyclic) bond motifs is 3. The molecule has 7 heteroatoms. The fourth-order valence-electron chi connectivity index (χ4n) is 4.09. The Morgan fingerprint density at radius 3 is 2.69 bits per heavy atom. The molecule has 3 aromatic carbocycles. The molecule has 0 fully saturated rings. The number of non-ortho nitro benzene ring substituents is 1. The summed E-state index contributed by atoms with van der Waals surface area (Å²) in [6.45, 7) is 0. The first-order chi connectivity index (χ1) is 14.1. The van der Waals surface area contributed by atoms with Crippen molar-refractivity contribution >= 4 is 22.7 Å². The quantitative estimate of drug-likeness (QED) is 0.385. The van der Waals surface area contributed by atoms with Crippen molar-refractivity contribution in [3.8, 4) is 0 Å². The number of para-hydroxylation sites is 2. The van der Waals surface area contributed by atoms with Crippen molar-refractivity contribution in [1.82, 2.24) is 9.55 Å². The lowest BCUT2D eigenvalue weighted by Gasteiger charge is -2.33. The van der Waals surface area contributed by atoms with Crippen LogP contribution < -0.4 is 5.32 Å². The minimum atomic E-state index is -0.407. The number of aromatic nitrogens is 2. The fraction of sp³-hybridized carbons (Fsp3) is 0.136. The highest BCUT2D eigenvalue weighted by Crippen LogP contribution is 2.42. The van der Waals surface area contributed by atoms with E-state index in [1.165, 1.54) is 12.1 Å². The number of nitrogens with one attached hydrogen (secondary N) is 1. The van der Waals surface area contributed by atoms with E-state index in [0.29, 0.717) is 17.9 Å². The van der Waals surface area contributed by atoms with E-state index in [9.17, 15) is 14.5 Å². The molecule has 0 bridgehead atoms. The molecular weight excluding hydrogens is 371 g/mol. The van der Waals surface area contributed by atoms with Gasteiger partial charge in [-0.3, -0.25) is 10.1 Å². The maximum atomic E-state index is 14.7. The molecule has 0 unspecified atom stereocenters. The predicted molar refractivity (Wildman–Crippen MR) is 108 cm³/mol. The van der Waals surface area contributed by atoms with Crippen LogP contribution in [0.15, 0.2) is 72.8 Å². The van der Waals surface area contributed by atoms with Crippen molar-refractivity contribution in [3.63, 3.8) is 0 Å². The average molecular weight is 388 g/mol. The lowest BCUT2D eigenvalue weighted by molar-refractivity contribution is -0.384. The van der Waals surface area contributed by atoms with Crippen molar-refractivity contribution in [2.75, 3.05) is 5.32 Å². The van der Waals surface area contributed by atoms with Gasteiger partial charge in [0.15, 0.2) is 0 Å².